The number of thiophene rings is 1. The summed E-state index contributed by atoms with van der Waals surface area (Å²) in [4.78, 5) is 12.9. The van der Waals surface area contributed by atoms with Crippen LogP contribution in [0.1, 0.15) is 16.9 Å². The molecular formula is C17H17NO3S. The summed E-state index contributed by atoms with van der Waals surface area (Å²) in [5.74, 6) is 0.463. The van der Waals surface area contributed by atoms with E-state index in [-0.39, 0.29) is 12.5 Å². The van der Waals surface area contributed by atoms with Gasteiger partial charge in [-0.25, -0.2) is 0 Å². The van der Waals surface area contributed by atoms with Gasteiger partial charge in [0, 0.05) is 22.9 Å². The van der Waals surface area contributed by atoms with E-state index in [9.17, 15) is 9.90 Å². The van der Waals surface area contributed by atoms with Crippen LogP contribution in [-0.4, -0.2) is 24.2 Å². The number of para-hydroxylation sites is 1. The summed E-state index contributed by atoms with van der Waals surface area (Å²) < 4.78 is 5.54. The molecule has 0 fully saturated rings. The molecule has 0 saturated heterocycles. The van der Waals surface area contributed by atoms with Gasteiger partial charge in [0.05, 0.1) is 13.2 Å². The minimum absolute atomic E-state index is 0.168. The van der Waals surface area contributed by atoms with Crippen LogP contribution in [0.5, 0.6) is 5.75 Å². The summed E-state index contributed by atoms with van der Waals surface area (Å²) in [6, 6.07) is 11.3. The third kappa shape index (κ3) is 3.21. The molecule has 1 aromatic carbocycles. The van der Waals surface area contributed by atoms with E-state index in [2.05, 4.69) is 5.32 Å². The predicted octanol–water partition coefficient (Wildman–Crippen LogP) is 2.55. The van der Waals surface area contributed by atoms with Gasteiger partial charge in [-0.1, -0.05) is 24.3 Å². The fourth-order valence-corrected chi connectivity index (χ4v) is 3.08. The number of ether oxygens (including phenoxy) is 1. The second-order valence-corrected chi connectivity index (χ2v) is 6.17. The molecule has 0 bridgehead atoms. The Morgan fingerprint density at radius 3 is 3.05 bits per heavy atom. The van der Waals surface area contributed by atoms with Crippen LogP contribution >= 0.6 is 11.3 Å². The molecule has 5 heteroatoms. The monoisotopic (exact) mass is 315 g/mol. The predicted molar refractivity (Wildman–Crippen MR) is 86.8 cm³/mol. The Morgan fingerprint density at radius 2 is 2.23 bits per heavy atom. The van der Waals surface area contributed by atoms with Crippen molar-refractivity contribution in [3.63, 3.8) is 0 Å². The second kappa shape index (κ2) is 6.34. The lowest BCUT2D eigenvalue weighted by Gasteiger charge is -2.34. The Kier molecular flexibility index (Phi) is 4.27. The molecule has 2 heterocycles. The van der Waals surface area contributed by atoms with Crippen LogP contribution in [0, 0.1) is 0 Å². The van der Waals surface area contributed by atoms with Gasteiger partial charge in [0.2, 0.25) is 5.91 Å². The normalized spacial score (nSPS) is 20.4. The van der Waals surface area contributed by atoms with Crippen LogP contribution in [0.25, 0.3) is 6.08 Å². The number of nitrogens with one attached hydrogen (secondary N) is 1. The zero-order chi connectivity index (χ0) is 15.4. The highest BCUT2D eigenvalue weighted by molar-refractivity contribution is 7.10. The average molecular weight is 315 g/mol. The van der Waals surface area contributed by atoms with Crippen molar-refractivity contribution in [2.24, 2.45) is 0 Å². The standard InChI is InChI=1S/C17H17NO3S/c19-16(8-7-13-4-3-11-22-13)18-12-17(20)9-10-21-15-6-2-1-5-14(15)17/h1-8,11,20H,9-10,12H2,(H,18,19)/b8-7+/t17-/m0/s1. The Labute approximate surface area is 133 Å². The largest absolute Gasteiger partial charge is 0.493 e. The first kappa shape index (κ1) is 14.8. The van der Waals surface area contributed by atoms with E-state index < -0.39 is 5.60 Å². The molecule has 3 rings (SSSR count). The summed E-state index contributed by atoms with van der Waals surface area (Å²) in [5.41, 5.74) is -0.356. The maximum absolute atomic E-state index is 11.9. The highest BCUT2D eigenvalue weighted by atomic mass is 32.1. The van der Waals surface area contributed by atoms with Gasteiger partial charge >= 0.3 is 0 Å². The first-order chi connectivity index (χ1) is 10.7. The zero-order valence-electron chi connectivity index (χ0n) is 12.0. The number of benzene rings is 1. The van der Waals surface area contributed by atoms with Crippen molar-refractivity contribution in [3.8, 4) is 5.75 Å². The molecule has 4 nitrogen and oxygen atoms in total. The lowest BCUT2D eigenvalue weighted by molar-refractivity contribution is -0.118. The number of hydrogen-bond donors (Lipinski definition) is 2. The van der Waals surface area contributed by atoms with Crippen LogP contribution in [0.4, 0.5) is 0 Å². The van der Waals surface area contributed by atoms with Crippen LogP contribution in [0.15, 0.2) is 47.9 Å². The first-order valence-electron chi connectivity index (χ1n) is 7.11. The number of carbonyl (C=O) groups excluding carboxylic acids is 1. The third-order valence-electron chi connectivity index (χ3n) is 3.66. The van der Waals surface area contributed by atoms with E-state index in [1.54, 1.807) is 17.4 Å². The van der Waals surface area contributed by atoms with Gasteiger partial charge < -0.3 is 15.2 Å². The van der Waals surface area contributed by atoms with Crippen LogP contribution in [0.3, 0.4) is 0 Å². The molecule has 1 amide bonds. The molecule has 1 aliphatic heterocycles. The molecule has 0 unspecified atom stereocenters. The molecule has 22 heavy (non-hydrogen) atoms. The summed E-state index contributed by atoms with van der Waals surface area (Å²) in [7, 11) is 0. The Balaban J connectivity index is 1.65. The van der Waals surface area contributed by atoms with Crippen LogP contribution in [-0.2, 0) is 10.4 Å². The second-order valence-electron chi connectivity index (χ2n) is 5.19. The summed E-state index contributed by atoms with van der Waals surface area (Å²) in [6.45, 7) is 0.607. The van der Waals surface area contributed by atoms with Crippen molar-refractivity contribution < 1.29 is 14.6 Å². The van der Waals surface area contributed by atoms with Crippen molar-refractivity contribution in [3.05, 3.63) is 58.3 Å². The molecule has 2 aromatic rings. The molecule has 1 aromatic heterocycles. The number of carbonyl (C=O) groups is 1. The van der Waals surface area contributed by atoms with E-state index >= 15 is 0 Å². The topological polar surface area (TPSA) is 58.6 Å². The van der Waals surface area contributed by atoms with Gasteiger partial charge in [0.25, 0.3) is 0 Å². The number of aliphatic hydroxyl groups is 1. The lowest BCUT2D eigenvalue weighted by atomic mass is 9.88. The Hall–Kier alpha value is -2.11. The van der Waals surface area contributed by atoms with Crippen molar-refractivity contribution in [2.45, 2.75) is 12.0 Å². The average Bonchev–Trinajstić information content (AvgIpc) is 3.05. The molecule has 1 aliphatic rings. The van der Waals surface area contributed by atoms with Gasteiger partial charge in [-0.3, -0.25) is 4.79 Å². The SMILES string of the molecule is O=C(/C=C/c1cccs1)NC[C@@]1(O)CCOc2ccccc21. The first-order valence-corrected chi connectivity index (χ1v) is 7.99. The number of fused-ring (bicyclic) bond motifs is 1. The summed E-state index contributed by atoms with van der Waals surface area (Å²) >= 11 is 1.57. The fraction of sp³-hybridized carbons (Fsp3) is 0.235. The molecule has 0 spiro atoms. The zero-order valence-corrected chi connectivity index (χ0v) is 12.8. The number of amides is 1. The fourth-order valence-electron chi connectivity index (χ4n) is 2.46. The highest BCUT2D eigenvalue weighted by Crippen LogP contribution is 2.36. The minimum atomic E-state index is -1.08. The molecule has 114 valence electrons. The molecule has 0 aliphatic carbocycles. The number of rotatable bonds is 4. The minimum Gasteiger partial charge on any atom is -0.493 e. The van der Waals surface area contributed by atoms with Gasteiger partial charge in [-0.15, -0.1) is 11.3 Å². The van der Waals surface area contributed by atoms with Crippen molar-refractivity contribution in [1.29, 1.82) is 0 Å². The van der Waals surface area contributed by atoms with Crippen LogP contribution in [0.2, 0.25) is 0 Å². The van der Waals surface area contributed by atoms with E-state index in [0.717, 1.165) is 10.4 Å². The van der Waals surface area contributed by atoms with Gasteiger partial charge in [-0.2, -0.15) is 0 Å². The van der Waals surface area contributed by atoms with Gasteiger partial charge in [-0.05, 0) is 23.6 Å². The Morgan fingerprint density at radius 1 is 1.36 bits per heavy atom. The quantitative estimate of drug-likeness (QED) is 0.853. The lowest BCUT2D eigenvalue weighted by Crippen LogP contribution is -2.43. The highest BCUT2D eigenvalue weighted by Gasteiger charge is 2.35. The van der Waals surface area contributed by atoms with E-state index in [1.165, 1.54) is 6.08 Å². The number of hydrogen-bond acceptors (Lipinski definition) is 4. The summed E-state index contributed by atoms with van der Waals surface area (Å²) in [6.07, 6.45) is 3.71. The molecular weight excluding hydrogens is 298 g/mol. The molecule has 2 N–H and O–H groups in total. The maximum atomic E-state index is 11.9. The molecule has 0 radical (unpaired) electrons. The van der Waals surface area contributed by atoms with E-state index in [0.29, 0.717) is 18.8 Å². The van der Waals surface area contributed by atoms with E-state index in [4.69, 9.17) is 4.74 Å². The summed E-state index contributed by atoms with van der Waals surface area (Å²) in [5, 5.41) is 15.5. The van der Waals surface area contributed by atoms with E-state index in [1.807, 2.05) is 41.8 Å². The Bertz CT molecular complexity index is 681. The van der Waals surface area contributed by atoms with Gasteiger partial charge in [0.15, 0.2) is 0 Å². The third-order valence-corrected chi connectivity index (χ3v) is 4.50. The van der Waals surface area contributed by atoms with Gasteiger partial charge in [0.1, 0.15) is 11.4 Å². The molecule has 0 saturated carbocycles. The van der Waals surface area contributed by atoms with Crippen molar-refractivity contribution in [2.75, 3.05) is 13.2 Å². The molecule has 1 atom stereocenters. The van der Waals surface area contributed by atoms with Crippen LogP contribution < -0.4 is 10.1 Å². The van der Waals surface area contributed by atoms with Crippen molar-refractivity contribution in [1.82, 2.24) is 5.32 Å². The van der Waals surface area contributed by atoms with Crippen molar-refractivity contribution >= 4 is 23.3 Å². The smallest absolute Gasteiger partial charge is 0.244 e. The maximum Gasteiger partial charge on any atom is 0.244 e.